The van der Waals surface area contributed by atoms with Crippen molar-refractivity contribution in [2.45, 2.75) is 51.5 Å². The number of nitrogens with one attached hydrogen (secondary N) is 1. The van der Waals surface area contributed by atoms with Gasteiger partial charge in [-0.2, -0.15) is 5.26 Å². The molecule has 1 aliphatic rings. The molecule has 3 atom stereocenters. The van der Waals surface area contributed by atoms with Gasteiger partial charge in [-0.3, -0.25) is 4.79 Å². The third-order valence-electron chi connectivity index (χ3n) is 4.52. The number of carbonyl (C=O) groups is 1. The zero-order chi connectivity index (χ0) is 15.1. The normalized spacial score (nSPS) is 23.0. The van der Waals surface area contributed by atoms with Crippen molar-refractivity contribution >= 4 is 5.91 Å². The maximum atomic E-state index is 12.4. The summed E-state index contributed by atoms with van der Waals surface area (Å²) < 4.78 is 0. The molecule has 0 radical (unpaired) electrons. The average molecular weight is 284 g/mol. The van der Waals surface area contributed by atoms with Crippen LogP contribution in [0.1, 0.15) is 44.6 Å². The largest absolute Gasteiger partial charge is 0.352 e. The SMILES string of the molecule is CCC1CCCCC1NC(=O)C(C#N)Cc1ccccc1. The summed E-state index contributed by atoms with van der Waals surface area (Å²) in [5, 5.41) is 12.4. The third kappa shape index (κ3) is 4.32. The zero-order valence-corrected chi connectivity index (χ0v) is 12.7. The van der Waals surface area contributed by atoms with Crippen molar-refractivity contribution in [3.63, 3.8) is 0 Å². The highest BCUT2D eigenvalue weighted by molar-refractivity contribution is 5.81. The standard InChI is InChI=1S/C18H24N2O/c1-2-15-10-6-7-11-17(15)20-18(21)16(13-19)12-14-8-4-3-5-9-14/h3-5,8-9,15-17H,2,6-7,10-12H2,1H3,(H,20,21). The molecule has 1 amide bonds. The van der Waals surface area contributed by atoms with Gasteiger partial charge in [0.05, 0.1) is 6.07 Å². The Kier molecular flexibility index (Phi) is 5.80. The molecule has 0 bridgehead atoms. The van der Waals surface area contributed by atoms with Crippen LogP contribution in [0.15, 0.2) is 30.3 Å². The van der Waals surface area contributed by atoms with Crippen molar-refractivity contribution in [3.05, 3.63) is 35.9 Å². The van der Waals surface area contributed by atoms with Crippen molar-refractivity contribution in [1.82, 2.24) is 5.32 Å². The fourth-order valence-electron chi connectivity index (χ4n) is 3.22. The topological polar surface area (TPSA) is 52.9 Å². The number of amides is 1. The Morgan fingerprint density at radius 2 is 2.05 bits per heavy atom. The van der Waals surface area contributed by atoms with E-state index in [2.05, 4.69) is 18.3 Å². The number of carbonyl (C=O) groups excluding carboxylic acids is 1. The highest BCUT2D eigenvalue weighted by Crippen LogP contribution is 2.27. The lowest BCUT2D eigenvalue weighted by Gasteiger charge is -2.32. The average Bonchev–Trinajstić information content (AvgIpc) is 2.54. The van der Waals surface area contributed by atoms with Crippen LogP contribution in [0.4, 0.5) is 0 Å². The van der Waals surface area contributed by atoms with E-state index in [0.29, 0.717) is 12.3 Å². The second-order valence-electron chi connectivity index (χ2n) is 5.94. The third-order valence-corrected chi connectivity index (χ3v) is 4.52. The van der Waals surface area contributed by atoms with Crippen LogP contribution in [-0.2, 0) is 11.2 Å². The summed E-state index contributed by atoms with van der Waals surface area (Å²) in [7, 11) is 0. The van der Waals surface area contributed by atoms with Gasteiger partial charge in [0.15, 0.2) is 0 Å². The molecule has 0 spiro atoms. The second-order valence-corrected chi connectivity index (χ2v) is 5.94. The molecule has 0 heterocycles. The smallest absolute Gasteiger partial charge is 0.237 e. The maximum Gasteiger partial charge on any atom is 0.237 e. The minimum Gasteiger partial charge on any atom is -0.352 e. The number of nitriles is 1. The maximum absolute atomic E-state index is 12.4. The van der Waals surface area contributed by atoms with E-state index in [1.54, 1.807) is 0 Å². The lowest BCUT2D eigenvalue weighted by atomic mass is 9.82. The first-order chi connectivity index (χ1) is 10.2. The van der Waals surface area contributed by atoms with Crippen molar-refractivity contribution in [2.24, 2.45) is 11.8 Å². The molecule has 112 valence electrons. The van der Waals surface area contributed by atoms with Crippen LogP contribution in [-0.4, -0.2) is 11.9 Å². The molecule has 0 aliphatic heterocycles. The summed E-state index contributed by atoms with van der Waals surface area (Å²) in [6, 6.07) is 12.2. The van der Waals surface area contributed by atoms with Gasteiger partial charge in [0.2, 0.25) is 5.91 Å². The van der Waals surface area contributed by atoms with Crippen LogP contribution in [0, 0.1) is 23.2 Å². The van der Waals surface area contributed by atoms with E-state index >= 15 is 0 Å². The van der Waals surface area contributed by atoms with E-state index in [1.807, 2.05) is 30.3 Å². The highest BCUT2D eigenvalue weighted by atomic mass is 16.1. The molecule has 1 aliphatic carbocycles. The Balaban J connectivity index is 1.95. The molecule has 3 heteroatoms. The summed E-state index contributed by atoms with van der Waals surface area (Å²) in [6.45, 7) is 2.18. The summed E-state index contributed by atoms with van der Waals surface area (Å²) in [6.07, 6.45) is 6.27. The van der Waals surface area contributed by atoms with Gasteiger partial charge in [0.25, 0.3) is 0 Å². The lowest BCUT2D eigenvalue weighted by molar-refractivity contribution is -0.124. The molecule has 3 nitrogen and oxygen atoms in total. The van der Waals surface area contributed by atoms with Crippen LogP contribution < -0.4 is 5.32 Å². The van der Waals surface area contributed by atoms with Gasteiger partial charge >= 0.3 is 0 Å². The molecule has 2 rings (SSSR count). The zero-order valence-electron chi connectivity index (χ0n) is 12.7. The molecule has 1 N–H and O–H groups in total. The van der Waals surface area contributed by atoms with Crippen molar-refractivity contribution in [3.8, 4) is 6.07 Å². The van der Waals surface area contributed by atoms with E-state index in [4.69, 9.17) is 0 Å². The Morgan fingerprint density at radius 1 is 1.33 bits per heavy atom. The molecule has 21 heavy (non-hydrogen) atoms. The van der Waals surface area contributed by atoms with Gasteiger partial charge in [0.1, 0.15) is 5.92 Å². The number of hydrogen-bond acceptors (Lipinski definition) is 2. The van der Waals surface area contributed by atoms with Crippen molar-refractivity contribution in [2.75, 3.05) is 0 Å². The Morgan fingerprint density at radius 3 is 2.71 bits per heavy atom. The first-order valence-corrected chi connectivity index (χ1v) is 7.98. The Bertz CT molecular complexity index is 492. The van der Waals surface area contributed by atoms with Gasteiger partial charge in [-0.25, -0.2) is 0 Å². The molecule has 1 aromatic carbocycles. The molecule has 1 saturated carbocycles. The molecule has 1 aromatic rings. The lowest BCUT2D eigenvalue weighted by Crippen LogP contribution is -2.44. The fourth-order valence-corrected chi connectivity index (χ4v) is 3.22. The predicted octanol–water partition coefficient (Wildman–Crippen LogP) is 3.45. The van der Waals surface area contributed by atoms with Gasteiger partial charge in [-0.15, -0.1) is 0 Å². The molecule has 1 fully saturated rings. The minimum absolute atomic E-state index is 0.105. The number of rotatable bonds is 5. The summed E-state index contributed by atoms with van der Waals surface area (Å²) >= 11 is 0. The molecular formula is C18H24N2O. The Hall–Kier alpha value is -1.82. The quantitative estimate of drug-likeness (QED) is 0.900. The number of nitrogens with zero attached hydrogens (tertiary/aromatic N) is 1. The predicted molar refractivity (Wildman–Crippen MR) is 83.4 cm³/mol. The van der Waals surface area contributed by atoms with Gasteiger partial charge in [-0.05, 0) is 30.7 Å². The van der Waals surface area contributed by atoms with E-state index < -0.39 is 5.92 Å². The Labute approximate surface area is 127 Å². The van der Waals surface area contributed by atoms with Crippen LogP contribution in [0.25, 0.3) is 0 Å². The molecule has 0 saturated heterocycles. The summed E-state index contributed by atoms with van der Waals surface area (Å²) in [5.41, 5.74) is 1.04. The first kappa shape index (κ1) is 15.6. The van der Waals surface area contributed by atoms with Crippen molar-refractivity contribution in [1.29, 1.82) is 5.26 Å². The van der Waals surface area contributed by atoms with Gasteiger partial charge < -0.3 is 5.32 Å². The summed E-state index contributed by atoms with van der Waals surface area (Å²) in [5.74, 6) is -0.127. The number of hydrogen-bond donors (Lipinski definition) is 1. The highest BCUT2D eigenvalue weighted by Gasteiger charge is 2.27. The van der Waals surface area contributed by atoms with Crippen LogP contribution >= 0.6 is 0 Å². The second kappa shape index (κ2) is 7.83. The molecule has 3 unspecified atom stereocenters. The van der Waals surface area contributed by atoms with Crippen LogP contribution in [0.5, 0.6) is 0 Å². The van der Waals surface area contributed by atoms with Crippen LogP contribution in [0.3, 0.4) is 0 Å². The first-order valence-electron chi connectivity index (χ1n) is 7.98. The number of benzene rings is 1. The minimum atomic E-state index is -0.591. The van der Waals surface area contributed by atoms with Gasteiger partial charge in [-0.1, -0.05) is 56.5 Å². The van der Waals surface area contributed by atoms with E-state index in [0.717, 1.165) is 18.4 Å². The molecule has 0 aromatic heterocycles. The monoisotopic (exact) mass is 284 g/mol. The molecular weight excluding hydrogens is 260 g/mol. The van der Waals surface area contributed by atoms with Gasteiger partial charge in [0, 0.05) is 6.04 Å². The van der Waals surface area contributed by atoms with Crippen LogP contribution in [0.2, 0.25) is 0 Å². The fraction of sp³-hybridized carbons (Fsp3) is 0.556. The van der Waals surface area contributed by atoms with E-state index in [9.17, 15) is 10.1 Å². The van der Waals surface area contributed by atoms with E-state index in [-0.39, 0.29) is 11.9 Å². The van der Waals surface area contributed by atoms with Crippen molar-refractivity contribution < 1.29 is 4.79 Å². The summed E-state index contributed by atoms with van der Waals surface area (Å²) in [4.78, 5) is 12.4. The van der Waals surface area contributed by atoms with E-state index in [1.165, 1.54) is 19.3 Å².